The van der Waals surface area contributed by atoms with Gasteiger partial charge in [0, 0.05) is 33.2 Å². The predicted molar refractivity (Wildman–Crippen MR) is 86.5 cm³/mol. The summed E-state index contributed by atoms with van der Waals surface area (Å²) in [7, 11) is 5.87. The van der Waals surface area contributed by atoms with Crippen molar-refractivity contribution in [1.29, 1.82) is 0 Å². The third-order valence-electron chi connectivity index (χ3n) is 4.97. The van der Waals surface area contributed by atoms with Gasteiger partial charge in [-0.05, 0) is 64.7 Å². The molecule has 21 heavy (non-hydrogen) atoms. The summed E-state index contributed by atoms with van der Waals surface area (Å²) in [4.78, 5) is 18.0. The Hall–Kier alpha value is -0.810. The predicted octanol–water partition coefficient (Wildman–Crippen LogP) is 1.45. The maximum atomic E-state index is 11.9. The lowest BCUT2D eigenvalue weighted by atomic mass is 9.93. The summed E-state index contributed by atoms with van der Waals surface area (Å²) in [5.41, 5.74) is 0. The Kier molecular flexibility index (Phi) is 6.30. The molecule has 0 aliphatic carbocycles. The van der Waals surface area contributed by atoms with Gasteiger partial charge in [0.2, 0.25) is 0 Å². The van der Waals surface area contributed by atoms with Crippen molar-refractivity contribution in [1.82, 2.24) is 20.0 Å². The molecule has 0 aromatic rings. The van der Waals surface area contributed by atoms with Gasteiger partial charge in [-0.3, -0.25) is 0 Å². The molecule has 2 fully saturated rings. The second-order valence-corrected chi connectivity index (χ2v) is 6.93. The molecule has 2 aliphatic heterocycles. The molecular formula is C16H32N4O. The Bertz CT molecular complexity index is 318. The molecule has 122 valence electrons. The van der Waals surface area contributed by atoms with Crippen LogP contribution in [0.2, 0.25) is 0 Å². The first-order valence-electron chi connectivity index (χ1n) is 8.44. The first kappa shape index (κ1) is 16.6. The number of hydrogen-bond donors (Lipinski definition) is 1. The number of nitrogens with zero attached hydrogens (tertiary/aromatic N) is 3. The number of piperidine rings is 2. The zero-order valence-corrected chi connectivity index (χ0v) is 14.0. The van der Waals surface area contributed by atoms with Gasteiger partial charge in [0.1, 0.15) is 0 Å². The van der Waals surface area contributed by atoms with Crippen molar-refractivity contribution < 1.29 is 4.79 Å². The molecule has 5 nitrogen and oxygen atoms in total. The van der Waals surface area contributed by atoms with Crippen molar-refractivity contribution >= 4 is 6.03 Å². The second-order valence-electron chi connectivity index (χ2n) is 6.93. The molecular weight excluding hydrogens is 264 g/mol. The van der Waals surface area contributed by atoms with Crippen molar-refractivity contribution in [3.8, 4) is 0 Å². The summed E-state index contributed by atoms with van der Waals surface area (Å²) in [6.45, 7) is 5.44. The van der Waals surface area contributed by atoms with E-state index in [-0.39, 0.29) is 6.03 Å². The number of amides is 2. The van der Waals surface area contributed by atoms with E-state index >= 15 is 0 Å². The van der Waals surface area contributed by atoms with Crippen LogP contribution in [0.1, 0.15) is 32.1 Å². The highest BCUT2D eigenvalue weighted by Gasteiger charge is 2.23. The fourth-order valence-electron chi connectivity index (χ4n) is 3.40. The van der Waals surface area contributed by atoms with E-state index in [0.717, 1.165) is 38.4 Å². The van der Waals surface area contributed by atoms with Crippen LogP contribution in [0.3, 0.4) is 0 Å². The van der Waals surface area contributed by atoms with E-state index < -0.39 is 0 Å². The Balaban J connectivity index is 1.58. The van der Waals surface area contributed by atoms with Crippen LogP contribution < -0.4 is 5.32 Å². The van der Waals surface area contributed by atoms with Crippen LogP contribution in [-0.4, -0.2) is 80.6 Å². The van der Waals surface area contributed by atoms with Crippen molar-refractivity contribution in [2.24, 2.45) is 5.92 Å². The van der Waals surface area contributed by atoms with Crippen molar-refractivity contribution in [2.45, 2.75) is 38.1 Å². The first-order valence-corrected chi connectivity index (χ1v) is 8.44. The van der Waals surface area contributed by atoms with Crippen LogP contribution in [0.25, 0.3) is 0 Å². The summed E-state index contributed by atoms with van der Waals surface area (Å²) < 4.78 is 0. The van der Waals surface area contributed by atoms with E-state index in [1.807, 2.05) is 19.0 Å². The Morgan fingerprint density at radius 2 is 1.71 bits per heavy atom. The van der Waals surface area contributed by atoms with Crippen molar-refractivity contribution in [3.05, 3.63) is 0 Å². The number of urea groups is 1. The highest BCUT2D eigenvalue weighted by atomic mass is 16.2. The third kappa shape index (κ3) is 5.15. The summed E-state index contributed by atoms with van der Waals surface area (Å²) in [5, 5.41) is 3.70. The minimum atomic E-state index is 0.153. The number of likely N-dealkylation sites (tertiary alicyclic amines) is 2. The average Bonchev–Trinajstić information content (AvgIpc) is 2.49. The van der Waals surface area contributed by atoms with Crippen LogP contribution in [0.5, 0.6) is 0 Å². The summed E-state index contributed by atoms with van der Waals surface area (Å²) >= 11 is 0. The topological polar surface area (TPSA) is 38.8 Å². The Labute approximate surface area is 129 Å². The lowest BCUT2D eigenvalue weighted by Gasteiger charge is -2.34. The van der Waals surface area contributed by atoms with Crippen LogP contribution >= 0.6 is 0 Å². The van der Waals surface area contributed by atoms with Gasteiger partial charge in [0.15, 0.2) is 0 Å². The van der Waals surface area contributed by atoms with Gasteiger partial charge >= 0.3 is 6.03 Å². The molecule has 0 radical (unpaired) electrons. The molecule has 2 amide bonds. The summed E-state index contributed by atoms with van der Waals surface area (Å²) in [6, 6.07) is 0.752. The van der Waals surface area contributed by atoms with E-state index in [4.69, 9.17) is 0 Å². The molecule has 0 bridgehead atoms. The fourth-order valence-corrected chi connectivity index (χ4v) is 3.40. The zero-order valence-electron chi connectivity index (χ0n) is 14.0. The number of carbonyl (C=O) groups excluding carboxylic acids is 1. The number of hydrogen-bond acceptors (Lipinski definition) is 3. The first-order chi connectivity index (χ1) is 10.1. The normalized spacial score (nSPS) is 22.5. The molecule has 2 rings (SSSR count). The van der Waals surface area contributed by atoms with Crippen molar-refractivity contribution in [3.63, 3.8) is 0 Å². The van der Waals surface area contributed by atoms with Crippen LogP contribution in [-0.2, 0) is 0 Å². The highest BCUT2D eigenvalue weighted by Crippen LogP contribution is 2.19. The second kappa shape index (κ2) is 7.99. The van der Waals surface area contributed by atoms with Gasteiger partial charge in [-0.1, -0.05) is 0 Å². The smallest absolute Gasteiger partial charge is 0.319 e. The molecule has 0 aromatic heterocycles. The zero-order chi connectivity index (χ0) is 15.2. The Morgan fingerprint density at radius 1 is 1.10 bits per heavy atom. The van der Waals surface area contributed by atoms with Gasteiger partial charge < -0.3 is 20.0 Å². The quantitative estimate of drug-likeness (QED) is 0.853. The van der Waals surface area contributed by atoms with Gasteiger partial charge in [0.05, 0.1) is 0 Å². The molecule has 0 atom stereocenters. The minimum Gasteiger partial charge on any atom is -0.331 e. The summed E-state index contributed by atoms with van der Waals surface area (Å²) in [5.74, 6) is 0.907. The summed E-state index contributed by atoms with van der Waals surface area (Å²) in [6.07, 6.45) is 6.20. The third-order valence-corrected chi connectivity index (χ3v) is 4.97. The maximum absolute atomic E-state index is 11.9. The number of rotatable bonds is 4. The van der Waals surface area contributed by atoms with E-state index in [0.29, 0.717) is 6.04 Å². The fraction of sp³-hybridized carbons (Fsp3) is 0.938. The molecule has 0 spiro atoms. The van der Waals surface area contributed by atoms with Gasteiger partial charge in [0.25, 0.3) is 0 Å². The highest BCUT2D eigenvalue weighted by molar-refractivity contribution is 5.73. The molecule has 0 unspecified atom stereocenters. The molecule has 2 saturated heterocycles. The van der Waals surface area contributed by atoms with E-state index in [1.165, 1.54) is 32.4 Å². The maximum Gasteiger partial charge on any atom is 0.319 e. The molecule has 0 saturated carbocycles. The van der Waals surface area contributed by atoms with Crippen molar-refractivity contribution in [2.75, 3.05) is 53.9 Å². The van der Waals surface area contributed by atoms with Gasteiger partial charge in [-0.15, -0.1) is 0 Å². The standard InChI is InChI=1S/C16H32N4O/c1-18(2)16(21)20-12-7-15(8-13-20)17-9-4-14-5-10-19(3)11-6-14/h14-15,17H,4-13H2,1-3H3. The SMILES string of the molecule is CN1CCC(CCNC2CCN(C(=O)N(C)C)CC2)CC1. The van der Waals surface area contributed by atoms with Crippen LogP contribution in [0.4, 0.5) is 4.79 Å². The molecule has 2 heterocycles. The van der Waals surface area contributed by atoms with E-state index in [2.05, 4.69) is 17.3 Å². The van der Waals surface area contributed by atoms with Crippen LogP contribution in [0, 0.1) is 5.92 Å². The lowest BCUT2D eigenvalue weighted by Crippen LogP contribution is -2.48. The number of carbonyl (C=O) groups is 1. The average molecular weight is 296 g/mol. The van der Waals surface area contributed by atoms with Gasteiger partial charge in [-0.2, -0.15) is 0 Å². The van der Waals surface area contributed by atoms with E-state index in [1.54, 1.807) is 4.90 Å². The lowest BCUT2D eigenvalue weighted by molar-refractivity contribution is 0.151. The van der Waals surface area contributed by atoms with E-state index in [9.17, 15) is 4.79 Å². The van der Waals surface area contributed by atoms with Gasteiger partial charge in [-0.25, -0.2) is 4.79 Å². The molecule has 1 N–H and O–H groups in total. The van der Waals surface area contributed by atoms with Crippen LogP contribution in [0.15, 0.2) is 0 Å². The largest absolute Gasteiger partial charge is 0.331 e. The molecule has 5 heteroatoms. The molecule has 0 aromatic carbocycles. The Morgan fingerprint density at radius 3 is 2.29 bits per heavy atom. The monoisotopic (exact) mass is 296 g/mol. The minimum absolute atomic E-state index is 0.153. The molecule has 2 aliphatic rings. The number of nitrogens with one attached hydrogen (secondary N) is 1.